The number of thioether (sulfide) groups is 1. The largest absolute Gasteiger partial charge is 0.481 e. The molecule has 160 valence electrons. The van der Waals surface area contributed by atoms with Gasteiger partial charge in [-0.3, -0.25) is 9.59 Å². The SMILES string of the molecule is CSc1cccc(Oc2ncc(F)cc2C(=O)CCCC2CCC(C(=O)O)CC2)c1. The maximum atomic E-state index is 13.8. The standard InChI is InChI=1S/C23H26FNO4S/c1-30-19-6-3-5-18(13-19)29-22-20(12-17(24)14-25-22)21(26)7-2-4-15-8-10-16(11-9-15)23(27)28/h3,5-6,12-16H,2,4,7-11H2,1H3,(H,27,28). The zero-order valence-electron chi connectivity index (χ0n) is 17.0. The molecule has 1 saturated carbocycles. The van der Waals surface area contributed by atoms with Gasteiger partial charge in [0.05, 0.1) is 17.7 Å². The van der Waals surface area contributed by atoms with Crippen molar-refractivity contribution in [3.8, 4) is 11.6 Å². The molecule has 0 radical (unpaired) electrons. The van der Waals surface area contributed by atoms with Crippen LogP contribution in [0.3, 0.4) is 0 Å². The first-order valence-electron chi connectivity index (χ1n) is 10.2. The number of pyridine rings is 1. The van der Waals surface area contributed by atoms with Crippen molar-refractivity contribution >= 4 is 23.5 Å². The van der Waals surface area contributed by atoms with E-state index in [2.05, 4.69) is 4.98 Å². The third-order valence-corrected chi connectivity index (χ3v) is 6.31. The molecule has 1 aliphatic carbocycles. The Labute approximate surface area is 180 Å². The average Bonchev–Trinajstić information content (AvgIpc) is 2.75. The van der Waals surface area contributed by atoms with Crippen LogP contribution in [0.4, 0.5) is 4.39 Å². The summed E-state index contributed by atoms with van der Waals surface area (Å²) < 4.78 is 19.5. The maximum Gasteiger partial charge on any atom is 0.306 e. The molecule has 0 bridgehead atoms. The molecule has 0 unspecified atom stereocenters. The van der Waals surface area contributed by atoms with E-state index in [1.807, 2.05) is 24.5 Å². The number of hydrogen-bond donors (Lipinski definition) is 1. The molecule has 2 aromatic rings. The van der Waals surface area contributed by atoms with Crippen LogP contribution in [-0.2, 0) is 4.79 Å². The number of carboxylic acid groups (broad SMARTS) is 1. The second-order valence-electron chi connectivity index (χ2n) is 7.66. The monoisotopic (exact) mass is 431 g/mol. The minimum Gasteiger partial charge on any atom is -0.481 e. The molecule has 1 aromatic carbocycles. The summed E-state index contributed by atoms with van der Waals surface area (Å²) >= 11 is 1.57. The van der Waals surface area contributed by atoms with Crippen LogP contribution < -0.4 is 4.74 Å². The summed E-state index contributed by atoms with van der Waals surface area (Å²) in [7, 11) is 0. The fourth-order valence-corrected chi connectivity index (χ4v) is 4.32. The van der Waals surface area contributed by atoms with Gasteiger partial charge in [0.1, 0.15) is 11.6 Å². The van der Waals surface area contributed by atoms with Crippen molar-refractivity contribution < 1.29 is 23.8 Å². The summed E-state index contributed by atoms with van der Waals surface area (Å²) in [4.78, 5) is 28.8. The molecule has 1 N–H and O–H groups in total. The van der Waals surface area contributed by atoms with Crippen molar-refractivity contribution in [1.82, 2.24) is 4.98 Å². The van der Waals surface area contributed by atoms with Gasteiger partial charge in [-0.25, -0.2) is 9.37 Å². The summed E-state index contributed by atoms with van der Waals surface area (Å²) in [5.74, 6) is -0.605. The number of halogens is 1. The topological polar surface area (TPSA) is 76.5 Å². The van der Waals surface area contributed by atoms with Crippen molar-refractivity contribution in [2.75, 3.05) is 6.26 Å². The number of rotatable bonds is 9. The summed E-state index contributed by atoms with van der Waals surface area (Å²) in [6.07, 6.45) is 8.00. The number of carbonyl (C=O) groups excluding carboxylic acids is 1. The molecule has 1 aliphatic rings. The van der Waals surface area contributed by atoms with E-state index in [-0.39, 0.29) is 29.6 Å². The molecule has 0 amide bonds. The van der Waals surface area contributed by atoms with Gasteiger partial charge in [-0.05, 0) is 68.5 Å². The molecule has 1 fully saturated rings. The minimum absolute atomic E-state index is 0.113. The van der Waals surface area contributed by atoms with Gasteiger partial charge in [0.2, 0.25) is 5.88 Å². The van der Waals surface area contributed by atoms with E-state index in [4.69, 9.17) is 9.84 Å². The highest BCUT2D eigenvalue weighted by Gasteiger charge is 2.26. The lowest BCUT2D eigenvalue weighted by Gasteiger charge is -2.25. The van der Waals surface area contributed by atoms with Gasteiger partial charge < -0.3 is 9.84 Å². The van der Waals surface area contributed by atoms with E-state index >= 15 is 0 Å². The predicted octanol–water partition coefficient (Wildman–Crippen LogP) is 5.98. The third-order valence-electron chi connectivity index (χ3n) is 5.59. The van der Waals surface area contributed by atoms with Gasteiger partial charge in [0.25, 0.3) is 0 Å². The molecular formula is C23H26FNO4S. The van der Waals surface area contributed by atoms with Crippen LogP contribution in [0.1, 0.15) is 55.3 Å². The first-order chi connectivity index (χ1) is 14.5. The second kappa shape index (κ2) is 10.6. The molecule has 0 spiro atoms. The zero-order chi connectivity index (χ0) is 21.5. The third kappa shape index (κ3) is 6.05. The van der Waals surface area contributed by atoms with Gasteiger partial charge in [0.15, 0.2) is 5.78 Å². The summed E-state index contributed by atoms with van der Waals surface area (Å²) in [6.45, 7) is 0. The first kappa shape index (κ1) is 22.3. The fraction of sp³-hybridized carbons (Fsp3) is 0.435. The molecule has 7 heteroatoms. The van der Waals surface area contributed by atoms with Gasteiger partial charge in [0, 0.05) is 11.3 Å². The quantitative estimate of drug-likeness (QED) is 0.389. The number of carboxylic acids is 1. The Bertz CT molecular complexity index is 897. The van der Waals surface area contributed by atoms with Gasteiger partial charge in [-0.15, -0.1) is 11.8 Å². The van der Waals surface area contributed by atoms with Crippen LogP contribution in [0.5, 0.6) is 11.6 Å². The van der Waals surface area contributed by atoms with Crippen LogP contribution >= 0.6 is 11.8 Å². The molecule has 1 heterocycles. The fourth-order valence-electron chi connectivity index (χ4n) is 3.87. The van der Waals surface area contributed by atoms with E-state index in [0.717, 1.165) is 30.4 Å². The molecule has 1 aromatic heterocycles. The van der Waals surface area contributed by atoms with Gasteiger partial charge >= 0.3 is 5.97 Å². The molecule has 0 aliphatic heterocycles. The lowest BCUT2D eigenvalue weighted by atomic mass is 9.80. The Hall–Kier alpha value is -2.41. The smallest absolute Gasteiger partial charge is 0.306 e. The molecule has 0 saturated heterocycles. The van der Waals surface area contributed by atoms with Crippen LogP contribution in [0.25, 0.3) is 0 Å². The Morgan fingerprint density at radius 1 is 1.23 bits per heavy atom. The summed E-state index contributed by atoms with van der Waals surface area (Å²) in [6, 6.07) is 8.60. The zero-order valence-corrected chi connectivity index (χ0v) is 17.8. The summed E-state index contributed by atoms with van der Waals surface area (Å²) in [5.41, 5.74) is 0.152. The lowest BCUT2D eigenvalue weighted by molar-refractivity contribution is -0.143. The molecule has 30 heavy (non-hydrogen) atoms. The van der Waals surface area contributed by atoms with E-state index in [0.29, 0.717) is 30.9 Å². The Morgan fingerprint density at radius 3 is 2.70 bits per heavy atom. The first-order valence-corrected chi connectivity index (χ1v) is 11.4. The van der Waals surface area contributed by atoms with E-state index in [1.165, 1.54) is 6.07 Å². The lowest BCUT2D eigenvalue weighted by Crippen LogP contribution is -2.21. The van der Waals surface area contributed by atoms with Gasteiger partial charge in [-0.1, -0.05) is 12.5 Å². The second-order valence-corrected chi connectivity index (χ2v) is 8.54. The molecule has 3 rings (SSSR count). The highest BCUT2D eigenvalue weighted by Crippen LogP contribution is 2.33. The van der Waals surface area contributed by atoms with E-state index in [9.17, 15) is 14.0 Å². The van der Waals surface area contributed by atoms with Gasteiger partial charge in [-0.2, -0.15) is 0 Å². The molecule has 0 atom stereocenters. The highest BCUT2D eigenvalue weighted by molar-refractivity contribution is 7.98. The van der Waals surface area contributed by atoms with Crippen LogP contribution in [0.15, 0.2) is 41.4 Å². The number of benzene rings is 1. The number of carbonyl (C=O) groups is 2. The van der Waals surface area contributed by atoms with Crippen LogP contribution in [0.2, 0.25) is 0 Å². The van der Waals surface area contributed by atoms with E-state index in [1.54, 1.807) is 17.8 Å². The Morgan fingerprint density at radius 2 is 2.00 bits per heavy atom. The van der Waals surface area contributed by atoms with Crippen molar-refractivity contribution in [1.29, 1.82) is 0 Å². The number of aliphatic carboxylic acids is 1. The normalized spacial score (nSPS) is 18.7. The average molecular weight is 432 g/mol. The van der Waals surface area contributed by atoms with Crippen molar-refractivity contribution in [3.63, 3.8) is 0 Å². The molecular weight excluding hydrogens is 405 g/mol. The van der Waals surface area contributed by atoms with Crippen molar-refractivity contribution in [2.45, 2.75) is 49.8 Å². The van der Waals surface area contributed by atoms with Crippen LogP contribution in [0, 0.1) is 17.7 Å². The number of aromatic nitrogens is 1. The minimum atomic E-state index is -0.710. The van der Waals surface area contributed by atoms with Crippen LogP contribution in [-0.4, -0.2) is 28.1 Å². The number of nitrogens with zero attached hydrogens (tertiary/aromatic N) is 1. The Balaban J connectivity index is 1.59. The predicted molar refractivity (Wildman–Crippen MR) is 114 cm³/mol. The van der Waals surface area contributed by atoms with Crippen molar-refractivity contribution in [3.05, 3.63) is 47.9 Å². The number of Topliss-reactive ketones (excluding diaryl/α,β-unsaturated/α-hetero) is 1. The molecule has 5 nitrogen and oxygen atoms in total. The maximum absolute atomic E-state index is 13.8. The summed E-state index contributed by atoms with van der Waals surface area (Å²) in [5, 5.41) is 9.09. The number of ether oxygens (including phenoxy) is 1. The Kier molecular flexibility index (Phi) is 7.85. The number of hydrogen-bond acceptors (Lipinski definition) is 5. The van der Waals surface area contributed by atoms with Crippen molar-refractivity contribution in [2.24, 2.45) is 11.8 Å². The number of ketones is 1. The highest BCUT2D eigenvalue weighted by atomic mass is 32.2. The van der Waals surface area contributed by atoms with E-state index < -0.39 is 11.8 Å².